The molecule has 0 N–H and O–H groups in total. The Hall–Kier alpha value is -0.700. The Balaban J connectivity index is 0.00000160. The molecular formula is C26H53NO6S. The monoisotopic (exact) mass is 507 g/mol. The quantitative estimate of drug-likeness (QED) is 0.0676. The van der Waals surface area contributed by atoms with Gasteiger partial charge in [-0.25, -0.2) is 8.42 Å². The molecule has 2 unspecified atom stereocenters. The zero-order chi connectivity index (χ0) is 25.9. The number of nitrogens with zero attached hydrogens (tertiary/aromatic N) is 1. The van der Waals surface area contributed by atoms with Gasteiger partial charge in [-0.3, -0.25) is 8.98 Å². The topological polar surface area (TPSA) is 92.7 Å². The summed E-state index contributed by atoms with van der Waals surface area (Å²) in [7, 11) is 2.90. The van der Waals surface area contributed by atoms with Gasteiger partial charge in [0.15, 0.2) is 0 Å². The zero-order valence-electron chi connectivity index (χ0n) is 22.7. The molecule has 1 saturated carbocycles. The van der Waals surface area contributed by atoms with Crippen molar-refractivity contribution in [2.45, 2.75) is 110 Å². The Morgan fingerprint density at radius 1 is 0.853 bits per heavy atom. The molecule has 7 nitrogen and oxygen atoms in total. The van der Waals surface area contributed by atoms with Gasteiger partial charge in [-0.15, -0.1) is 0 Å². The highest BCUT2D eigenvalue weighted by Crippen LogP contribution is 2.45. The van der Waals surface area contributed by atoms with Crippen LogP contribution in [0.2, 0.25) is 0 Å². The average Bonchev–Trinajstić information content (AvgIpc) is 3.50. The van der Waals surface area contributed by atoms with Gasteiger partial charge in [-0.2, -0.15) is 0 Å². The summed E-state index contributed by atoms with van der Waals surface area (Å²) < 4.78 is 37.3. The Kier molecular flexibility index (Phi) is 19.1. The third-order valence-electron chi connectivity index (χ3n) is 6.39. The molecule has 34 heavy (non-hydrogen) atoms. The largest absolute Gasteiger partial charge is 0.726 e. The Morgan fingerprint density at radius 3 is 1.79 bits per heavy atom. The lowest BCUT2D eigenvalue weighted by Crippen LogP contribution is -2.35. The maximum Gasteiger partial charge on any atom is 0.305 e. The normalized spacial score (nSPS) is 17.7. The molecule has 0 aromatic heterocycles. The second-order valence-corrected chi connectivity index (χ2v) is 11.9. The van der Waals surface area contributed by atoms with E-state index in [1.54, 1.807) is 0 Å². The van der Waals surface area contributed by atoms with E-state index in [-0.39, 0.29) is 5.97 Å². The van der Waals surface area contributed by atoms with Crippen LogP contribution in [-0.4, -0.2) is 64.8 Å². The third kappa shape index (κ3) is 24.4. The number of ether oxygens (including phenoxy) is 1. The van der Waals surface area contributed by atoms with Crippen LogP contribution in [0.15, 0.2) is 0 Å². The maximum atomic E-state index is 11.7. The minimum atomic E-state index is -4.41. The molecule has 204 valence electrons. The minimum absolute atomic E-state index is 0.00285. The molecule has 1 fully saturated rings. The summed E-state index contributed by atoms with van der Waals surface area (Å²) in [6.45, 7) is 3.92. The highest BCUT2D eigenvalue weighted by Gasteiger charge is 2.34. The van der Waals surface area contributed by atoms with Crippen molar-refractivity contribution in [2.24, 2.45) is 11.8 Å². The lowest BCUT2D eigenvalue weighted by Gasteiger charge is -2.23. The van der Waals surface area contributed by atoms with Gasteiger partial charge < -0.3 is 13.8 Å². The minimum Gasteiger partial charge on any atom is -0.726 e. The van der Waals surface area contributed by atoms with E-state index in [9.17, 15) is 17.8 Å². The van der Waals surface area contributed by atoms with Crippen LogP contribution in [0.1, 0.15) is 110 Å². The summed E-state index contributed by atoms with van der Waals surface area (Å²) in [5.74, 6) is 2.12. The zero-order valence-corrected chi connectivity index (χ0v) is 23.5. The van der Waals surface area contributed by atoms with E-state index in [1.165, 1.54) is 83.5 Å². The lowest BCUT2D eigenvalue weighted by atomic mass is 10.0. The number of carbonyl (C=O) groups excluding carboxylic acids is 1. The number of carbonyl (C=O) groups is 1. The van der Waals surface area contributed by atoms with Crippen molar-refractivity contribution in [2.75, 3.05) is 41.4 Å². The van der Waals surface area contributed by atoms with Crippen molar-refractivity contribution < 1.29 is 31.2 Å². The van der Waals surface area contributed by atoms with Crippen molar-refractivity contribution in [3.63, 3.8) is 0 Å². The number of rotatable bonds is 20. The molecule has 0 aromatic carbocycles. The van der Waals surface area contributed by atoms with Gasteiger partial charge in [-0.05, 0) is 24.7 Å². The van der Waals surface area contributed by atoms with E-state index in [0.717, 1.165) is 42.8 Å². The second-order valence-electron chi connectivity index (χ2n) is 10.8. The third-order valence-corrected chi connectivity index (χ3v) is 6.80. The fourth-order valence-corrected chi connectivity index (χ4v) is 4.21. The first kappa shape index (κ1) is 33.3. The molecule has 0 amide bonds. The SMILES string of the molecule is CCCCCCCCC1CC1CCCCCCCC(=O)OCCC[N+](C)(C)C.COS(=O)(=O)[O-]. The molecule has 8 heteroatoms. The Labute approximate surface area is 210 Å². The molecule has 0 bridgehead atoms. The molecule has 1 rings (SSSR count). The molecule has 1 aliphatic rings. The van der Waals surface area contributed by atoms with Crippen LogP contribution < -0.4 is 0 Å². The highest BCUT2D eigenvalue weighted by molar-refractivity contribution is 7.80. The first-order chi connectivity index (χ1) is 16.0. The molecular weight excluding hydrogens is 454 g/mol. The first-order valence-corrected chi connectivity index (χ1v) is 14.8. The van der Waals surface area contributed by atoms with Crippen molar-refractivity contribution in [3.8, 4) is 0 Å². The van der Waals surface area contributed by atoms with E-state index < -0.39 is 10.4 Å². The smallest absolute Gasteiger partial charge is 0.305 e. The van der Waals surface area contributed by atoms with E-state index >= 15 is 0 Å². The Bertz CT molecular complexity index is 603. The molecule has 0 saturated heterocycles. The van der Waals surface area contributed by atoms with Gasteiger partial charge in [-0.1, -0.05) is 84.0 Å². The van der Waals surface area contributed by atoms with E-state index in [2.05, 4.69) is 32.2 Å². The van der Waals surface area contributed by atoms with Crippen LogP contribution in [0.25, 0.3) is 0 Å². The fourth-order valence-electron chi connectivity index (χ4n) is 4.21. The number of unbranched alkanes of at least 4 members (excludes halogenated alkanes) is 9. The summed E-state index contributed by atoms with van der Waals surface area (Å²) in [5, 5.41) is 0. The predicted octanol–water partition coefficient (Wildman–Crippen LogP) is 5.84. The van der Waals surface area contributed by atoms with Gasteiger partial charge in [0.25, 0.3) is 0 Å². The summed E-state index contributed by atoms with van der Waals surface area (Å²) in [4.78, 5) is 11.7. The molecule has 0 aromatic rings. The first-order valence-electron chi connectivity index (χ1n) is 13.5. The maximum absolute atomic E-state index is 11.7. The fraction of sp³-hybridized carbons (Fsp3) is 0.962. The van der Waals surface area contributed by atoms with E-state index in [4.69, 9.17) is 4.74 Å². The van der Waals surface area contributed by atoms with Crippen LogP contribution >= 0.6 is 0 Å². The van der Waals surface area contributed by atoms with Gasteiger partial charge in [0.1, 0.15) is 0 Å². The van der Waals surface area contributed by atoms with Crippen LogP contribution in [0, 0.1) is 11.8 Å². The molecule has 0 spiro atoms. The summed E-state index contributed by atoms with van der Waals surface area (Å²) in [6, 6.07) is 0. The Morgan fingerprint density at radius 2 is 1.32 bits per heavy atom. The summed E-state index contributed by atoms with van der Waals surface area (Å²) in [5.41, 5.74) is 0. The lowest BCUT2D eigenvalue weighted by molar-refractivity contribution is -0.870. The molecule has 2 atom stereocenters. The van der Waals surface area contributed by atoms with Crippen molar-refractivity contribution in [1.29, 1.82) is 0 Å². The van der Waals surface area contributed by atoms with Gasteiger partial charge >= 0.3 is 5.97 Å². The van der Waals surface area contributed by atoms with Crippen LogP contribution in [-0.2, 0) is 24.1 Å². The summed E-state index contributed by atoms with van der Waals surface area (Å²) in [6.07, 6.45) is 20.8. The molecule has 1 aliphatic carbocycles. The standard InChI is InChI=1S/C25H50NO2.CH4O4S/c1-5-6-7-8-10-13-17-23-22-24(23)18-14-11-9-12-15-19-25(27)28-21-16-20-26(2,3)4;1-5-6(2,3)4/h23-24H,5-22H2,1-4H3;1H3,(H,2,3,4)/q+1;/p-1. The number of hydrogen-bond acceptors (Lipinski definition) is 6. The van der Waals surface area contributed by atoms with Crippen LogP contribution in [0.5, 0.6) is 0 Å². The molecule has 0 aliphatic heterocycles. The molecule has 0 radical (unpaired) electrons. The summed E-state index contributed by atoms with van der Waals surface area (Å²) >= 11 is 0. The number of hydrogen-bond donors (Lipinski definition) is 0. The second kappa shape index (κ2) is 19.5. The predicted molar refractivity (Wildman–Crippen MR) is 137 cm³/mol. The van der Waals surface area contributed by atoms with E-state index in [0.29, 0.717) is 13.0 Å². The number of esters is 1. The van der Waals surface area contributed by atoms with Gasteiger partial charge in [0.2, 0.25) is 10.4 Å². The van der Waals surface area contributed by atoms with E-state index in [1.807, 2.05) is 0 Å². The highest BCUT2D eigenvalue weighted by atomic mass is 32.3. The van der Waals surface area contributed by atoms with Gasteiger partial charge in [0.05, 0.1) is 41.4 Å². The average molecular weight is 508 g/mol. The number of quaternary nitrogens is 1. The van der Waals surface area contributed by atoms with Crippen LogP contribution in [0.3, 0.4) is 0 Å². The van der Waals surface area contributed by atoms with Crippen molar-refractivity contribution in [1.82, 2.24) is 0 Å². The molecule has 0 heterocycles. The van der Waals surface area contributed by atoms with Crippen molar-refractivity contribution in [3.05, 3.63) is 0 Å². The van der Waals surface area contributed by atoms with Crippen molar-refractivity contribution >= 4 is 16.4 Å². The van der Waals surface area contributed by atoms with Gasteiger partial charge in [0, 0.05) is 12.8 Å². The van der Waals surface area contributed by atoms with Crippen LogP contribution in [0.4, 0.5) is 0 Å².